The summed E-state index contributed by atoms with van der Waals surface area (Å²) >= 11 is 0. The van der Waals surface area contributed by atoms with Crippen molar-refractivity contribution < 1.29 is 14.3 Å². The number of piperidine rings is 1. The van der Waals surface area contributed by atoms with Gasteiger partial charge in [-0.3, -0.25) is 4.90 Å². The maximum atomic E-state index is 12.2. The van der Waals surface area contributed by atoms with E-state index < -0.39 is 0 Å². The largest absolute Gasteiger partial charge is 0.495 e. The minimum Gasteiger partial charge on any atom is -0.495 e. The van der Waals surface area contributed by atoms with Crippen LogP contribution < -0.4 is 15.0 Å². The van der Waals surface area contributed by atoms with Crippen molar-refractivity contribution in [3.8, 4) is 5.75 Å². The number of nitrogens with zero attached hydrogens (tertiary/aromatic N) is 1. The number of nitrogens with one attached hydrogen (secondary N) is 1. The zero-order chi connectivity index (χ0) is 13.2. The zero-order valence-corrected chi connectivity index (χ0v) is 11.0. The standard InChI is InChI=1S/C14H18N2O3/c1-18-12-4-2-3-10-9-19-14(17)16(13(10)12)11-5-7-15-8-6-11/h2-4,11,15H,5-9H2,1H3. The summed E-state index contributed by atoms with van der Waals surface area (Å²) in [5, 5.41) is 3.31. The summed E-state index contributed by atoms with van der Waals surface area (Å²) < 4.78 is 10.7. The first-order valence-corrected chi connectivity index (χ1v) is 6.64. The van der Waals surface area contributed by atoms with Crippen LogP contribution in [-0.2, 0) is 11.3 Å². The number of carbonyl (C=O) groups excluding carboxylic acids is 1. The van der Waals surface area contributed by atoms with E-state index in [-0.39, 0.29) is 12.1 Å². The van der Waals surface area contributed by atoms with Crippen LogP contribution in [0.25, 0.3) is 0 Å². The molecule has 1 fully saturated rings. The van der Waals surface area contributed by atoms with Gasteiger partial charge in [-0.15, -0.1) is 0 Å². The molecule has 0 bridgehead atoms. The molecule has 1 saturated heterocycles. The summed E-state index contributed by atoms with van der Waals surface area (Å²) in [5.41, 5.74) is 1.89. The fourth-order valence-corrected chi connectivity index (χ4v) is 2.82. The number of carbonyl (C=O) groups is 1. The van der Waals surface area contributed by atoms with E-state index in [2.05, 4.69) is 5.32 Å². The highest BCUT2D eigenvalue weighted by Crippen LogP contribution is 2.38. The molecule has 0 saturated carbocycles. The maximum absolute atomic E-state index is 12.2. The van der Waals surface area contributed by atoms with Gasteiger partial charge in [-0.2, -0.15) is 0 Å². The molecule has 0 spiro atoms. The number of hydrogen-bond donors (Lipinski definition) is 1. The monoisotopic (exact) mass is 262 g/mol. The van der Waals surface area contributed by atoms with E-state index in [0.717, 1.165) is 42.9 Å². The number of ether oxygens (including phenoxy) is 2. The Hall–Kier alpha value is -1.75. The molecular formula is C14H18N2O3. The molecule has 102 valence electrons. The number of cyclic esters (lactones) is 1. The number of para-hydroxylation sites is 1. The van der Waals surface area contributed by atoms with Gasteiger partial charge in [0, 0.05) is 11.6 Å². The summed E-state index contributed by atoms with van der Waals surface area (Å²) in [6, 6.07) is 5.99. The summed E-state index contributed by atoms with van der Waals surface area (Å²) in [6.07, 6.45) is 1.61. The van der Waals surface area contributed by atoms with Crippen molar-refractivity contribution in [1.82, 2.24) is 5.32 Å². The van der Waals surface area contributed by atoms with E-state index >= 15 is 0 Å². The van der Waals surface area contributed by atoms with Crippen molar-refractivity contribution in [2.24, 2.45) is 0 Å². The van der Waals surface area contributed by atoms with E-state index in [1.165, 1.54) is 0 Å². The second-order valence-electron chi connectivity index (χ2n) is 4.87. The van der Waals surface area contributed by atoms with Crippen LogP contribution in [-0.4, -0.2) is 32.3 Å². The molecule has 0 radical (unpaired) electrons. The van der Waals surface area contributed by atoms with Crippen molar-refractivity contribution in [2.75, 3.05) is 25.1 Å². The Kier molecular flexibility index (Phi) is 3.29. The topological polar surface area (TPSA) is 50.8 Å². The van der Waals surface area contributed by atoms with Crippen LogP contribution in [0.5, 0.6) is 5.75 Å². The molecule has 1 N–H and O–H groups in total. The molecule has 2 aliphatic rings. The van der Waals surface area contributed by atoms with Crippen molar-refractivity contribution in [2.45, 2.75) is 25.5 Å². The number of methoxy groups -OCH3 is 1. The Labute approximate surface area is 112 Å². The van der Waals surface area contributed by atoms with E-state index in [4.69, 9.17) is 9.47 Å². The third-order valence-corrected chi connectivity index (χ3v) is 3.77. The van der Waals surface area contributed by atoms with Crippen LogP contribution in [0.2, 0.25) is 0 Å². The fraction of sp³-hybridized carbons (Fsp3) is 0.500. The van der Waals surface area contributed by atoms with Crippen LogP contribution in [0.15, 0.2) is 18.2 Å². The average molecular weight is 262 g/mol. The Morgan fingerprint density at radius 2 is 2.16 bits per heavy atom. The van der Waals surface area contributed by atoms with Crippen molar-refractivity contribution >= 4 is 11.8 Å². The van der Waals surface area contributed by atoms with Gasteiger partial charge in [-0.05, 0) is 32.0 Å². The quantitative estimate of drug-likeness (QED) is 0.884. The molecule has 0 atom stereocenters. The van der Waals surface area contributed by atoms with Crippen LogP contribution >= 0.6 is 0 Å². The number of fused-ring (bicyclic) bond motifs is 1. The summed E-state index contributed by atoms with van der Waals surface area (Å²) in [5.74, 6) is 0.743. The Bertz CT molecular complexity index is 469. The second-order valence-corrected chi connectivity index (χ2v) is 4.87. The van der Waals surface area contributed by atoms with Gasteiger partial charge in [-0.25, -0.2) is 4.79 Å². The first-order valence-electron chi connectivity index (χ1n) is 6.64. The molecule has 1 aromatic rings. The van der Waals surface area contributed by atoms with Gasteiger partial charge < -0.3 is 14.8 Å². The van der Waals surface area contributed by atoms with E-state index in [1.54, 1.807) is 12.0 Å². The van der Waals surface area contributed by atoms with Crippen molar-refractivity contribution in [1.29, 1.82) is 0 Å². The molecule has 0 aromatic heterocycles. The third-order valence-electron chi connectivity index (χ3n) is 3.77. The van der Waals surface area contributed by atoms with E-state index in [0.29, 0.717) is 6.61 Å². The molecule has 5 nitrogen and oxygen atoms in total. The van der Waals surface area contributed by atoms with Crippen LogP contribution in [0.3, 0.4) is 0 Å². The lowest BCUT2D eigenvalue weighted by molar-refractivity contribution is 0.136. The second kappa shape index (κ2) is 5.09. The minimum atomic E-state index is -0.260. The molecule has 2 heterocycles. The van der Waals surface area contributed by atoms with Crippen LogP contribution in [0.1, 0.15) is 18.4 Å². The van der Waals surface area contributed by atoms with Gasteiger partial charge in [0.1, 0.15) is 12.4 Å². The van der Waals surface area contributed by atoms with Gasteiger partial charge in [0.25, 0.3) is 0 Å². The Morgan fingerprint density at radius 3 is 2.89 bits per heavy atom. The van der Waals surface area contributed by atoms with Gasteiger partial charge in [-0.1, -0.05) is 12.1 Å². The summed E-state index contributed by atoms with van der Waals surface area (Å²) in [4.78, 5) is 13.9. The van der Waals surface area contributed by atoms with Gasteiger partial charge in [0.2, 0.25) is 0 Å². The average Bonchev–Trinajstić information content (AvgIpc) is 2.47. The summed E-state index contributed by atoms with van der Waals surface area (Å²) in [7, 11) is 1.64. The first kappa shape index (κ1) is 12.3. The molecule has 3 rings (SSSR count). The lowest BCUT2D eigenvalue weighted by Crippen LogP contribution is -2.48. The normalized spacial score (nSPS) is 19.8. The van der Waals surface area contributed by atoms with Crippen molar-refractivity contribution in [3.05, 3.63) is 23.8 Å². The smallest absolute Gasteiger partial charge is 0.415 e. The highest BCUT2D eigenvalue weighted by molar-refractivity contribution is 5.93. The Balaban J connectivity index is 2.02. The minimum absolute atomic E-state index is 0.184. The van der Waals surface area contributed by atoms with E-state index in [9.17, 15) is 4.79 Å². The number of amides is 1. The first-order chi connectivity index (χ1) is 9.31. The Morgan fingerprint density at radius 1 is 1.37 bits per heavy atom. The predicted octanol–water partition coefficient (Wildman–Crippen LogP) is 1.90. The highest BCUT2D eigenvalue weighted by Gasteiger charge is 2.34. The van der Waals surface area contributed by atoms with Gasteiger partial charge in [0.05, 0.1) is 12.8 Å². The van der Waals surface area contributed by atoms with E-state index in [1.807, 2.05) is 18.2 Å². The molecule has 19 heavy (non-hydrogen) atoms. The van der Waals surface area contributed by atoms with Crippen LogP contribution in [0, 0.1) is 0 Å². The number of benzene rings is 1. The SMILES string of the molecule is COc1cccc2c1N(C1CCNCC1)C(=O)OC2. The summed E-state index contributed by atoms with van der Waals surface area (Å²) in [6.45, 7) is 2.19. The third kappa shape index (κ3) is 2.14. The lowest BCUT2D eigenvalue weighted by Gasteiger charge is -2.38. The molecular weight excluding hydrogens is 244 g/mol. The zero-order valence-electron chi connectivity index (χ0n) is 11.0. The number of anilines is 1. The molecule has 1 amide bonds. The highest BCUT2D eigenvalue weighted by atomic mass is 16.6. The van der Waals surface area contributed by atoms with Gasteiger partial charge >= 0.3 is 6.09 Å². The molecule has 0 aliphatic carbocycles. The molecule has 0 unspecified atom stereocenters. The number of hydrogen-bond acceptors (Lipinski definition) is 4. The molecule has 5 heteroatoms. The van der Waals surface area contributed by atoms with Crippen LogP contribution in [0.4, 0.5) is 10.5 Å². The predicted molar refractivity (Wildman–Crippen MR) is 71.5 cm³/mol. The molecule has 1 aromatic carbocycles. The van der Waals surface area contributed by atoms with Crippen molar-refractivity contribution in [3.63, 3.8) is 0 Å². The van der Waals surface area contributed by atoms with Gasteiger partial charge in [0.15, 0.2) is 0 Å². The fourth-order valence-electron chi connectivity index (χ4n) is 2.82. The maximum Gasteiger partial charge on any atom is 0.415 e. The molecule has 2 aliphatic heterocycles. The lowest BCUT2D eigenvalue weighted by atomic mass is 10.0. The number of rotatable bonds is 2.